The van der Waals surface area contributed by atoms with Gasteiger partial charge in [0, 0.05) is 17.7 Å². The van der Waals surface area contributed by atoms with Gasteiger partial charge in [-0.15, -0.1) is 0 Å². The van der Waals surface area contributed by atoms with Crippen molar-refractivity contribution in [3.63, 3.8) is 0 Å². The molecule has 0 saturated carbocycles. The summed E-state index contributed by atoms with van der Waals surface area (Å²) in [4.78, 5) is 0. The lowest BCUT2D eigenvalue weighted by Gasteiger charge is -2.22. The Morgan fingerprint density at radius 3 is 2.72 bits per heavy atom. The van der Waals surface area contributed by atoms with Crippen LogP contribution in [0.4, 0.5) is 0 Å². The van der Waals surface area contributed by atoms with Gasteiger partial charge in [-0.3, -0.25) is 0 Å². The maximum atomic E-state index is 6.38. The van der Waals surface area contributed by atoms with Crippen LogP contribution in [-0.2, 0) is 4.74 Å². The molecule has 1 heterocycles. The summed E-state index contributed by atoms with van der Waals surface area (Å²) in [6, 6.07) is 4.54. The normalized spacial score (nSPS) is 21.2. The van der Waals surface area contributed by atoms with Gasteiger partial charge >= 0.3 is 0 Å². The van der Waals surface area contributed by atoms with Crippen LogP contribution in [0, 0.1) is 13.8 Å². The molecule has 0 spiro atoms. The molecule has 2 rings (SSSR count). The van der Waals surface area contributed by atoms with Crippen LogP contribution in [0.15, 0.2) is 12.1 Å². The van der Waals surface area contributed by atoms with E-state index < -0.39 is 0 Å². The highest BCUT2D eigenvalue weighted by Crippen LogP contribution is 2.31. The number of benzene rings is 1. The topological polar surface area (TPSA) is 21.3 Å². The highest BCUT2D eigenvalue weighted by atomic mass is 35.5. The zero-order valence-corrected chi connectivity index (χ0v) is 12.2. The first-order valence-electron chi connectivity index (χ1n) is 6.67. The average molecular weight is 268 g/mol. The largest absolute Gasteiger partial charge is 0.378 e. The Labute approximate surface area is 115 Å². The van der Waals surface area contributed by atoms with E-state index in [-0.39, 0.29) is 6.04 Å². The summed E-state index contributed by atoms with van der Waals surface area (Å²) < 4.78 is 5.72. The highest BCUT2D eigenvalue weighted by molar-refractivity contribution is 6.31. The zero-order chi connectivity index (χ0) is 13.1. The van der Waals surface area contributed by atoms with E-state index in [0.29, 0.717) is 6.10 Å². The van der Waals surface area contributed by atoms with Gasteiger partial charge in [-0.1, -0.05) is 17.7 Å². The van der Waals surface area contributed by atoms with Gasteiger partial charge in [0.1, 0.15) is 0 Å². The fourth-order valence-corrected chi connectivity index (χ4v) is 2.91. The van der Waals surface area contributed by atoms with E-state index in [0.717, 1.165) is 18.1 Å². The number of rotatable bonds is 4. The van der Waals surface area contributed by atoms with E-state index in [9.17, 15) is 0 Å². The van der Waals surface area contributed by atoms with Crippen molar-refractivity contribution < 1.29 is 4.74 Å². The molecule has 0 aromatic heterocycles. The van der Waals surface area contributed by atoms with E-state index in [4.69, 9.17) is 16.3 Å². The van der Waals surface area contributed by atoms with Crippen LogP contribution in [-0.4, -0.2) is 19.8 Å². The van der Waals surface area contributed by atoms with Crippen molar-refractivity contribution >= 4 is 11.6 Å². The van der Waals surface area contributed by atoms with Crippen molar-refractivity contribution in [2.45, 2.75) is 45.3 Å². The predicted molar refractivity (Wildman–Crippen MR) is 76.3 cm³/mol. The average Bonchev–Trinajstić information content (AvgIpc) is 2.84. The third-order valence-corrected chi connectivity index (χ3v) is 4.19. The molecule has 1 saturated heterocycles. The van der Waals surface area contributed by atoms with Crippen LogP contribution >= 0.6 is 11.6 Å². The smallest absolute Gasteiger partial charge is 0.0594 e. The van der Waals surface area contributed by atoms with Crippen molar-refractivity contribution in [2.24, 2.45) is 0 Å². The van der Waals surface area contributed by atoms with Crippen molar-refractivity contribution in [1.29, 1.82) is 0 Å². The predicted octanol–water partition coefficient (Wildman–Crippen LogP) is 3.79. The van der Waals surface area contributed by atoms with E-state index in [1.54, 1.807) is 0 Å². The second kappa shape index (κ2) is 6.05. The summed E-state index contributed by atoms with van der Waals surface area (Å²) in [6.45, 7) is 5.13. The van der Waals surface area contributed by atoms with E-state index >= 15 is 0 Å². The van der Waals surface area contributed by atoms with E-state index in [2.05, 4.69) is 31.3 Å². The molecule has 0 bridgehead atoms. The molecule has 0 aliphatic carbocycles. The number of halogens is 1. The first-order valence-corrected chi connectivity index (χ1v) is 7.05. The van der Waals surface area contributed by atoms with Crippen molar-refractivity contribution in [2.75, 3.05) is 13.7 Å². The van der Waals surface area contributed by atoms with Crippen molar-refractivity contribution in [1.82, 2.24) is 5.32 Å². The second-order valence-electron chi connectivity index (χ2n) is 5.17. The maximum absolute atomic E-state index is 6.38. The molecule has 2 nitrogen and oxygen atoms in total. The second-order valence-corrected chi connectivity index (χ2v) is 5.58. The summed E-state index contributed by atoms with van der Waals surface area (Å²) >= 11 is 6.38. The Morgan fingerprint density at radius 1 is 1.39 bits per heavy atom. The molecule has 18 heavy (non-hydrogen) atoms. The fraction of sp³-hybridized carbons (Fsp3) is 0.600. The first-order chi connectivity index (χ1) is 8.61. The van der Waals surface area contributed by atoms with Crippen LogP contribution in [0.1, 0.15) is 42.0 Å². The number of nitrogens with one attached hydrogen (secondary N) is 1. The molecule has 1 aliphatic heterocycles. The molecule has 0 amide bonds. The molecule has 0 radical (unpaired) electrons. The lowest BCUT2D eigenvalue weighted by molar-refractivity contribution is 0.0954. The quantitative estimate of drug-likeness (QED) is 0.896. The summed E-state index contributed by atoms with van der Waals surface area (Å²) in [6.07, 6.45) is 3.72. The van der Waals surface area contributed by atoms with Gasteiger partial charge < -0.3 is 10.1 Å². The molecule has 1 N–H and O–H groups in total. The van der Waals surface area contributed by atoms with Gasteiger partial charge in [0.05, 0.1) is 6.10 Å². The van der Waals surface area contributed by atoms with Crippen LogP contribution < -0.4 is 5.32 Å². The monoisotopic (exact) mass is 267 g/mol. The summed E-state index contributed by atoms with van der Waals surface area (Å²) in [5.41, 5.74) is 3.73. The Kier molecular flexibility index (Phi) is 4.66. The zero-order valence-electron chi connectivity index (χ0n) is 11.4. The molecular weight excluding hydrogens is 246 g/mol. The highest BCUT2D eigenvalue weighted by Gasteiger charge is 2.22. The molecule has 100 valence electrons. The molecule has 1 fully saturated rings. The third kappa shape index (κ3) is 3.05. The van der Waals surface area contributed by atoms with Crippen LogP contribution in [0.25, 0.3) is 0 Å². The van der Waals surface area contributed by atoms with Crippen LogP contribution in [0.3, 0.4) is 0 Å². The summed E-state index contributed by atoms with van der Waals surface area (Å²) in [5.74, 6) is 0. The minimum atomic E-state index is 0.278. The number of hydrogen-bond acceptors (Lipinski definition) is 2. The van der Waals surface area contributed by atoms with E-state index in [1.807, 2.05) is 7.05 Å². The molecular formula is C15H22ClNO. The van der Waals surface area contributed by atoms with E-state index in [1.165, 1.54) is 29.5 Å². The lowest BCUT2D eigenvalue weighted by Crippen LogP contribution is -2.22. The fourth-order valence-electron chi connectivity index (χ4n) is 2.56. The molecule has 3 heteroatoms. The van der Waals surface area contributed by atoms with Crippen LogP contribution in [0.5, 0.6) is 0 Å². The number of aryl methyl sites for hydroxylation is 2. The van der Waals surface area contributed by atoms with Gasteiger partial charge in [0.25, 0.3) is 0 Å². The van der Waals surface area contributed by atoms with Crippen molar-refractivity contribution in [3.8, 4) is 0 Å². The Morgan fingerprint density at radius 2 is 2.11 bits per heavy atom. The number of ether oxygens (including phenoxy) is 1. The number of hydrogen-bond donors (Lipinski definition) is 1. The lowest BCUT2D eigenvalue weighted by atomic mass is 9.96. The molecule has 1 aromatic carbocycles. The molecule has 2 unspecified atom stereocenters. The Balaban J connectivity index is 2.18. The van der Waals surface area contributed by atoms with Gasteiger partial charge in [-0.2, -0.15) is 0 Å². The standard InChI is InChI=1S/C15H22ClNO/c1-10-7-13(14(16)8-11(10)2)15(17-3)9-12-5-4-6-18-12/h7-8,12,15,17H,4-6,9H2,1-3H3. The van der Waals surface area contributed by atoms with Crippen molar-refractivity contribution in [3.05, 3.63) is 33.8 Å². The van der Waals surface area contributed by atoms with Crippen LogP contribution in [0.2, 0.25) is 5.02 Å². The molecule has 2 atom stereocenters. The van der Waals surface area contributed by atoms with Gasteiger partial charge in [-0.05, 0) is 62.9 Å². The summed E-state index contributed by atoms with van der Waals surface area (Å²) in [7, 11) is 1.99. The minimum Gasteiger partial charge on any atom is -0.378 e. The molecule has 1 aromatic rings. The minimum absolute atomic E-state index is 0.278. The first kappa shape index (κ1) is 13.9. The molecule has 1 aliphatic rings. The Bertz CT molecular complexity index is 413. The Hall–Kier alpha value is -0.570. The van der Waals surface area contributed by atoms with Gasteiger partial charge in [-0.25, -0.2) is 0 Å². The van der Waals surface area contributed by atoms with Gasteiger partial charge in [0.2, 0.25) is 0 Å². The third-order valence-electron chi connectivity index (χ3n) is 3.86. The van der Waals surface area contributed by atoms with Gasteiger partial charge in [0.15, 0.2) is 0 Å². The summed E-state index contributed by atoms with van der Waals surface area (Å²) in [5, 5.41) is 4.23. The SMILES string of the molecule is CNC(CC1CCCO1)c1cc(C)c(C)cc1Cl. The maximum Gasteiger partial charge on any atom is 0.0594 e.